The van der Waals surface area contributed by atoms with E-state index < -0.39 is 0 Å². The Labute approximate surface area is 126 Å². The van der Waals surface area contributed by atoms with Gasteiger partial charge < -0.3 is 24.4 Å². The fraction of sp³-hybridized carbons (Fsp3) is 0.933. The summed E-state index contributed by atoms with van der Waals surface area (Å²) in [5.74, 6) is 0.233. The molecule has 3 fully saturated rings. The first-order valence-corrected chi connectivity index (χ1v) is 8.08. The molecule has 1 N–H and O–H groups in total. The SMILES string of the molecule is O=C(CCNC1CCOC2(CCOC2)C1)N1CCOCC1. The van der Waals surface area contributed by atoms with Crippen molar-refractivity contribution in [2.45, 2.75) is 37.3 Å². The van der Waals surface area contributed by atoms with E-state index in [0.29, 0.717) is 25.7 Å². The fourth-order valence-corrected chi connectivity index (χ4v) is 3.42. The molecule has 21 heavy (non-hydrogen) atoms. The van der Waals surface area contributed by atoms with E-state index in [2.05, 4.69) is 5.32 Å². The summed E-state index contributed by atoms with van der Waals surface area (Å²) in [6.45, 7) is 5.87. The molecule has 0 saturated carbocycles. The topological polar surface area (TPSA) is 60.0 Å². The third-order valence-electron chi connectivity index (χ3n) is 4.70. The molecule has 6 heteroatoms. The molecule has 0 aromatic heterocycles. The highest BCUT2D eigenvalue weighted by Gasteiger charge is 2.40. The number of hydrogen-bond acceptors (Lipinski definition) is 5. The van der Waals surface area contributed by atoms with Crippen molar-refractivity contribution in [3.63, 3.8) is 0 Å². The number of ether oxygens (including phenoxy) is 3. The van der Waals surface area contributed by atoms with Crippen LogP contribution in [0.25, 0.3) is 0 Å². The highest BCUT2D eigenvalue weighted by molar-refractivity contribution is 5.76. The van der Waals surface area contributed by atoms with Crippen LogP contribution in [-0.2, 0) is 19.0 Å². The molecule has 0 aliphatic carbocycles. The number of morpholine rings is 1. The maximum atomic E-state index is 12.1. The van der Waals surface area contributed by atoms with Crippen LogP contribution in [0.5, 0.6) is 0 Å². The van der Waals surface area contributed by atoms with Crippen molar-refractivity contribution in [1.29, 1.82) is 0 Å². The Hall–Kier alpha value is -0.690. The number of carbonyl (C=O) groups excluding carboxylic acids is 1. The van der Waals surface area contributed by atoms with Crippen LogP contribution >= 0.6 is 0 Å². The molecular weight excluding hydrogens is 272 g/mol. The second-order valence-electron chi connectivity index (χ2n) is 6.22. The Kier molecular flexibility index (Phi) is 5.11. The zero-order valence-electron chi connectivity index (χ0n) is 12.6. The number of nitrogens with one attached hydrogen (secondary N) is 1. The summed E-state index contributed by atoms with van der Waals surface area (Å²) in [5.41, 5.74) is -0.0653. The molecule has 3 aliphatic rings. The molecule has 3 rings (SSSR count). The smallest absolute Gasteiger partial charge is 0.224 e. The minimum atomic E-state index is -0.0653. The van der Waals surface area contributed by atoms with Crippen LogP contribution in [0.15, 0.2) is 0 Å². The molecule has 0 aromatic rings. The van der Waals surface area contributed by atoms with E-state index in [4.69, 9.17) is 14.2 Å². The normalized spacial score (nSPS) is 33.5. The molecule has 120 valence electrons. The molecule has 1 amide bonds. The predicted molar refractivity (Wildman–Crippen MR) is 77.2 cm³/mol. The Morgan fingerprint density at radius 3 is 2.81 bits per heavy atom. The fourth-order valence-electron chi connectivity index (χ4n) is 3.42. The number of rotatable bonds is 4. The highest BCUT2D eigenvalue weighted by atomic mass is 16.6. The predicted octanol–water partition coefficient (Wildman–Crippen LogP) is 0.163. The summed E-state index contributed by atoms with van der Waals surface area (Å²) in [6, 6.07) is 0.443. The molecule has 2 unspecified atom stereocenters. The molecule has 6 nitrogen and oxygen atoms in total. The Balaban J connectivity index is 1.37. The minimum absolute atomic E-state index is 0.0653. The molecule has 0 bridgehead atoms. The molecule has 0 radical (unpaired) electrons. The van der Waals surface area contributed by atoms with Gasteiger partial charge in [0, 0.05) is 51.7 Å². The van der Waals surface area contributed by atoms with Gasteiger partial charge in [0.25, 0.3) is 0 Å². The van der Waals surface area contributed by atoms with Crippen LogP contribution in [-0.4, -0.2) is 75.1 Å². The van der Waals surface area contributed by atoms with Gasteiger partial charge in [-0.05, 0) is 12.8 Å². The first-order valence-electron chi connectivity index (χ1n) is 8.08. The maximum Gasteiger partial charge on any atom is 0.224 e. The second-order valence-corrected chi connectivity index (χ2v) is 6.22. The van der Waals surface area contributed by atoms with E-state index in [1.165, 1.54) is 0 Å². The monoisotopic (exact) mass is 298 g/mol. The van der Waals surface area contributed by atoms with Crippen LogP contribution in [0.3, 0.4) is 0 Å². The lowest BCUT2D eigenvalue weighted by Gasteiger charge is -2.37. The molecule has 3 aliphatic heterocycles. The lowest BCUT2D eigenvalue weighted by molar-refractivity contribution is -0.135. The highest BCUT2D eigenvalue weighted by Crippen LogP contribution is 2.32. The van der Waals surface area contributed by atoms with Crippen LogP contribution in [0.1, 0.15) is 25.7 Å². The van der Waals surface area contributed by atoms with Crippen molar-refractivity contribution in [3.8, 4) is 0 Å². The van der Waals surface area contributed by atoms with Crippen LogP contribution in [0.4, 0.5) is 0 Å². The zero-order valence-corrected chi connectivity index (χ0v) is 12.6. The molecule has 1 spiro atoms. The summed E-state index contributed by atoms with van der Waals surface area (Å²) in [6.07, 6.45) is 3.59. The van der Waals surface area contributed by atoms with E-state index >= 15 is 0 Å². The molecular formula is C15H26N2O4. The van der Waals surface area contributed by atoms with Gasteiger partial charge in [0.15, 0.2) is 0 Å². The van der Waals surface area contributed by atoms with Crippen molar-refractivity contribution in [2.75, 3.05) is 52.7 Å². The Bertz CT molecular complexity index is 352. The van der Waals surface area contributed by atoms with Crippen LogP contribution in [0.2, 0.25) is 0 Å². The largest absolute Gasteiger partial charge is 0.378 e. The number of amides is 1. The van der Waals surface area contributed by atoms with Gasteiger partial charge in [-0.1, -0.05) is 0 Å². The van der Waals surface area contributed by atoms with Crippen LogP contribution in [0, 0.1) is 0 Å². The van der Waals surface area contributed by atoms with Crippen molar-refractivity contribution < 1.29 is 19.0 Å². The van der Waals surface area contributed by atoms with E-state index in [1.807, 2.05) is 4.90 Å². The van der Waals surface area contributed by atoms with Crippen molar-refractivity contribution in [1.82, 2.24) is 10.2 Å². The lowest BCUT2D eigenvalue weighted by Crippen LogP contribution is -2.48. The van der Waals surface area contributed by atoms with Crippen LogP contribution < -0.4 is 5.32 Å². The second kappa shape index (κ2) is 7.05. The van der Waals surface area contributed by atoms with E-state index in [-0.39, 0.29) is 11.5 Å². The first kappa shape index (κ1) is 15.2. The minimum Gasteiger partial charge on any atom is -0.378 e. The lowest BCUT2D eigenvalue weighted by atomic mass is 9.89. The van der Waals surface area contributed by atoms with Crippen molar-refractivity contribution in [2.24, 2.45) is 0 Å². The average Bonchev–Trinajstić information content (AvgIpc) is 2.96. The van der Waals surface area contributed by atoms with Gasteiger partial charge in [0.2, 0.25) is 5.91 Å². The Morgan fingerprint density at radius 1 is 1.19 bits per heavy atom. The van der Waals surface area contributed by atoms with E-state index in [1.54, 1.807) is 0 Å². The van der Waals surface area contributed by atoms with Gasteiger partial charge in [0.05, 0.1) is 25.4 Å². The molecule has 3 heterocycles. The van der Waals surface area contributed by atoms with Gasteiger partial charge in [-0.15, -0.1) is 0 Å². The summed E-state index contributed by atoms with van der Waals surface area (Å²) in [7, 11) is 0. The standard InChI is InChI=1S/C15H26N2O4/c18-14(17-5-9-19-10-6-17)1-4-16-13-2-7-21-15(11-13)3-8-20-12-15/h13,16H,1-12H2. The van der Waals surface area contributed by atoms with E-state index in [0.717, 1.165) is 58.7 Å². The van der Waals surface area contributed by atoms with Crippen molar-refractivity contribution >= 4 is 5.91 Å². The zero-order chi connectivity index (χ0) is 14.5. The first-order chi connectivity index (χ1) is 10.3. The van der Waals surface area contributed by atoms with Crippen molar-refractivity contribution in [3.05, 3.63) is 0 Å². The number of carbonyl (C=O) groups is 1. The number of nitrogens with zero attached hydrogens (tertiary/aromatic N) is 1. The third-order valence-corrected chi connectivity index (χ3v) is 4.70. The number of hydrogen-bond donors (Lipinski definition) is 1. The van der Waals surface area contributed by atoms with E-state index in [9.17, 15) is 4.79 Å². The molecule has 2 atom stereocenters. The molecule has 0 aromatic carbocycles. The van der Waals surface area contributed by atoms with Gasteiger partial charge in [-0.3, -0.25) is 4.79 Å². The maximum absolute atomic E-state index is 12.1. The summed E-state index contributed by atoms with van der Waals surface area (Å²) >= 11 is 0. The Morgan fingerprint density at radius 2 is 2.05 bits per heavy atom. The molecule has 3 saturated heterocycles. The van der Waals surface area contributed by atoms with Gasteiger partial charge in [0.1, 0.15) is 0 Å². The summed E-state index contributed by atoms with van der Waals surface area (Å²) in [5, 5.41) is 3.53. The van der Waals surface area contributed by atoms with Gasteiger partial charge >= 0.3 is 0 Å². The average molecular weight is 298 g/mol. The van der Waals surface area contributed by atoms with Gasteiger partial charge in [-0.2, -0.15) is 0 Å². The quantitative estimate of drug-likeness (QED) is 0.801. The summed E-state index contributed by atoms with van der Waals surface area (Å²) < 4.78 is 16.7. The van der Waals surface area contributed by atoms with Gasteiger partial charge in [-0.25, -0.2) is 0 Å². The summed E-state index contributed by atoms with van der Waals surface area (Å²) in [4.78, 5) is 14.0. The third kappa shape index (κ3) is 3.94.